The fraction of sp³-hybridized carbons (Fsp3) is 0.192. The molecular weight excluding hydrogens is 439 g/mol. The van der Waals surface area contributed by atoms with E-state index in [9.17, 15) is 18.8 Å². The largest absolute Gasteiger partial charge is 0.496 e. The highest BCUT2D eigenvalue weighted by Crippen LogP contribution is 2.27. The fourth-order valence-electron chi connectivity index (χ4n) is 3.75. The predicted octanol–water partition coefficient (Wildman–Crippen LogP) is 3.78. The van der Waals surface area contributed by atoms with Crippen molar-refractivity contribution in [3.8, 4) is 11.5 Å². The SMILES string of the molecule is COc1ccc(CN2C(=O)c3ccccc3C2=O)cc1C(=O)N(C)CCOc1ccccc1F. The molecule has 0 atom stereocenters. The first-order valence-corrected chi connectivity index (χ1v) is 10.7. The molecule has 0 spiro atoms. The maximum absolute atomic E-state index is 13.7. The van der Waals surface area contributed by atoms with Crippen LogP contribution < -0.4 is 9.47 Å². The molecule has 174 valence electrons. The van der Waals surface area contributed by atoms with Crippen LogP contribution in [0.15, 0.2) is 66.7 Å². The van der Waals surface area contributed by atoms with Crippen molar-refractivity contribution in [1.82, 2.24) is 9.80 Å². The summed E-state index contributed by atoms with van der Waals surface area (Å²) in [7, 11) is 3.06. The van der Waals surface area contributed by atoms with Crippen molar-refractivity contribution in [1.29, 1.82) is 0 Å². The molecule has 3 aromatic carbocycles. The number of amides is 3. The average Bonchev–Trinajstić information content (AvgIpc) is 3.09. The Kier molecular flexibility index (Phi) is 6.58. The molecule has 0 saturated carbocycles. The van der Waals surface area contributed by atoms with E-state index in [0.29, 0.717) is 22.4 Å². The predicted molar refractivity (Wildman–Crippen MR) is 122 cm³/mol. The molecule has 1 aliphatic heterocycles. The third-order valence-electron chi connectivity index (χ3n) is 5.58. The summed E-state index contributed by atoms with van der Waals surface area (Å²) < 4.78 is 24.5. The van der Waals surface area contributed by atoms with Crippen LogP contribution in [-0.2, 0) is 6.54 Å². The summed E-state index contributed by atoms with van der Waals surface area (Å²) >= 11 is 0. The number of para-hydroxylation sites is 1. The average molecular weight is 462 g/mol. The first kappa shape index (κ1) is 23.0. The molecule has 0 bridgehead atoms. The van der Waals surface area contributed by atoms with Crippen LogP contribution in [-0.4, -0.2) is 54.8 Å². The Morgan fingerprint density at radius 3 is 2.24 bits per heavy atom. The van der Waals surface area contributed by atoms with E-state index in [1.54, 1.807) is 61.6 Å². The molecule has 3 aromatic rings. The number of fused-ring (bicyclic) bond motifs is 1. The first-order valence-electron chi connectivity index (χ1n) is 10.7. The Labute approximate surface area is 196 Å². The van der Waals surface area contributed by atoms with Crippen molar-refractivity contribution < 1.29 is 28.2 Å². The lowest BCUT2D eigenvalue weighted by Gasteiger charge is -2.20. The second-order valence-electron chi connectivity index (χ2n) is 7.78. The molecule has 1 aliphatic rings. The summed E-state index contributed by atoms with van der Waals surface area (Å²) in [6.45, 7) is 0.329. The molecule has 0 radical (unpaired) electrons. The van der Waals surface area contributed by atoms with Gasteiger partial charge in [0.05, 0.1) is 36.9 Å². The highest BCUT2D eigenvalue weighted by atomic mass is 19.1. The van der Waals surface area contributed by atoms with Crippen LogP contribution in [0.2, 0.25) is 0 Å². The monoisotopic (exact) mass is 462 g/mol. The highest BCUT2D eigenvalue weighted by molar-refractivity contribution is 6.21. The Morgan fingerprint density at radius 2 is 1.59 bits per heavy atom. The van der Waals surface area contributed by atoms with Gasteiger partial charge < -0.3 is 14.4 Å². The summed E-state index contributed by atoms with van der Waals surface area (Å²) in [6, 6.07) is 17.7. The number of imide groups is 1. The third-order valence-corrected chi connectivity index (χ3v) is 5.58. The minimum absolute atomic E-state index is 0.0245. The summed E-state index contributed by atoms with van der Waals surface area (Å²) in [5, 5.41) is 0. The number of carbonyl (C=O) groups is 3. The van der Waals surface area contributed by atoms with Gasteiger partial charge in [-0.2, -0.15) is 0 Å². The van der Waals surface area contributed by atoms with Gasteiger partial charge >= 0.3 is 0 Å². The van der Waals surface area contributed by atoms with Gasteiger partial charge in [-0.05, 0) is 42.0 Å². The standard InChI is InChI=1S/C26H23FN2O5/c1-28(13-14-34-23-10-6-5-9-21(23)27)24(30)20-15-17(11-12-22(20)33-2)16-29-25(31)18-7-3-4-8-19(18)26(29)32/h3-12,15H,13-14,16H2,1-2H3. The second-order valence-corrected chi connectivity index (χ2v) is 7.78. The number of nitrogens with zero attached hydrogens (tertiary/aromatic N) is 2. The Morgan fingerprint density at radius 1 is 0.941 bits per heavy atom. The lowest BCUT2D eigenvalue weighted by atomic mass is 10.1. The molecule has 0 unspecified atom stereocenters. The zero-order chi connectivity index (χ0) is 24.2. The minimum Gasteiger partial charge on any atom is -0.496 e. The Bertz CT molecular complexity index is 1220. The number of carbonyl (C=O) groups excluding carboxylic acids is 3. The van der Waals surface area contributed by atoms with Crippen LogP contribution in [0.25, 0.3) is 0 Å². The van der Waals surface area contributed by atoms with E-state index in [1.807, 2.05) is 0 Å². The van der Waals surface area contributed by atoms with E-state index in [1.165, 1.54) is 24.1 Å². The van der Waals surface area contributed by atoms with E-state index in [-0.39, 0.29) is 48.7 Å². The van der Waals surface area contributed by atoms with Gasteiger partial charge in [0.2, 0.25) is 0 Å². The van der Waals surface area contributed by atoms with Gasteiger partial charge in [0, 0.05) is 7.05 Å². The van der Waals surface area contributed by atoms with Crippen LogP contribution in [0.5, 0.6) is 11.5 Å². The van der Waals surface area contributed by atoms with E-state index >= 15 is 0 Å². The minimum atomic E-state index is -0.473. The van der Waals surface area contributed by atoms with Gasteiger partial charge in [-0.1, -0.05) is 30.3 Å². The maximum Gasteiger partial charge on any atom is 0.261 e. The molecule has 0 N–H and O–H groups in total. The van der Waals surface area contributed by atoms with Crippen molar-refractivity contribution >= 4 is 17.7 Å². The van der Waals surface area contributed by atoms with Crippen molar-refractivity contribution in [3.63, 3.8) is 0 Å². The molecule has 0 aromatic heterocycles. The maximum atomic E-state index is 13.7. The zero-order valence-electron chi connectivity index (χ0n) is 18.8. The number of ether oxygens (including phenoxy) is 2. The molecule has 7 nitrogen and oxygen atoms in total. The van der Waals surface area contributed by atoms with Crippen LogP contribution in [0.1, 0.15) is 36.6 Å². The van der Waals surface area contributed by atoms with Gasteiger partial charge in [-0.25, -0.2) is 4.39 Å². The van der Waals surface area contributed by atoms with Crippen LogP contribution in [0.3, 0.4) is 0 Å². The van der Waals surface area contributed by atoms with E-state index < -0.39 is 5.82 Å². The number of methoxy groups -OCH3 is 1. The molecule has 4 rings (SSSR count). The summed E-state index contributed by atoms with van der Waals surface area (Å²) in [5.41, 5.74) is 1.62. The molecule has 3 amide bonds. The highest BCUT2D eigenvalue weighted by Gasteiger charge is 2.35. The Hall–Kier alpha value is -4.20. The lowest BCUT2D eigenvalue weighted by molar-refractivity contribution is 0.0642. The summed E-state index contributed by atoms with van der Waals surface area (Å²) in [6.07, 6.45) is 0. The smallest absolute Gasteiger partial charge is 0.261 e. The lowest BCUT2D eigenvalue weighted by Crippen LogP contribution is -2.32. The van der Waals surface area contributed by atoms with Crippen molar-refractivity contribution in [3.05, 3.63) is 94.8 Å². The number of hydrogen-bond acceptors (Lipinski definition) is 5. The van der Waals surface area contributed by atoms with E-state index in [4.69, 9.17) is 9.47 Å². The van der Waals surface area contributed by atoms with Gasteiger partial charge in [-0.15, -0.1) is 0 Å². The number of likely N-dealkylation sites (N-methyl/N-ethyl adjacent to an activating group) is 1. The molecule has 8 heteroatoms. The van der Waals surface area contributed by atoms with E-state index in [0.717, 1.165) is 4.90 Å². The third kappa shape index (κ3) is 4.47. The topological polar surface area (TPSA) is 76.2 Å². The van der Waals surface area contributed by atoms with Crippen LogP contribution >= 0.6 is 0 Å². The van der Waals surface area contributed by atoms with Gasteiger partial charge in [0.15, 0.2) is 11.6 Å². The van der Waals surface area contributed by atoms with Crippen molar-refractivity contribution in [2.75, 3.05) is 27.3 Å². The molecule has 0 aliphatic carbocycles. The van der Waals surface area contributed by atoms with Crippen molar-refractivity contribution in [2.45, 2.75) is 6.54 Å². The van der Waals surface area contributed by atoms with Gasteiger partial charge in [0.1, 0.15) is 12.4 Å². The van der Waals surface area contributed by atoms with Crippen LogP contribution in [0, 0.1) is 5.82 Å². The van der Waals surface area contributed by atoms with Crippen LogP contribution in [0.4, 0.5) is 4.39 Å². The first-order chi connectivity index (χ1) is 16.4. The van der Waals surface area contributed by atoms with Crippen molar-refractivity contribution in [2.24, 2.45) is 0 Å². The molecule has 1 heterocycles. The number of hydrogen-bond donors (Lipinski definition) is 0. The molecule has 0 saturated heterocycles. The quantitative estimate of drug-likeness (QED) is 0.476. The number of benzene rings is 3. The molecule has 34 heavy (non-hydrogen) atoms. The fourth-order valence-corrected chi connectivity index (χ4v) is 3.75. The van der Waals surface area contributed by atoms with E-state index in [2.05, 4.69) is 0 Å². The second kappa shape index (κ2) is 9.74. The number of halogens is 1. The summed E-state index contributed by atoms with van der Waals surface area (Å²) in [5.74, 6) is -1.07. The van der Waals surface area contributed by atoms with Gasteiger partial charge in [0.25, 0.3) is 17.7 Å². The van der Waals surface area contributed by atoms with Gasteiger partial charge in [-0.3, -0.25) is 19.3 Å². The molecular formula is C26H23FN2O5. The normalized spacial score (nSPS) is 12.5. The number of rotatable bonds is 8. The summed E-state index contributed by atoms with van der Waals surface area (Å²) in [4.78, 5) is 41.1. The molecule has 0 fully saturated rings. The zero-order valence-corrected chi connectivity index (χ0v) is 18.8. The Balaban J connectivity index is 1.47.